The van der Waals surface area contributed by atoms with Gasteiger partial charge in [-0.05, 0) is 64.2 Å². The quantitative estimate of drug-likeness (QED) is 0.0323. The molecule has 61 heavy (non-hydrogen) atoms. The Balaban J connectivity index is 4.75. The summed E-state index contributed by atoms with van der Waals surface area (Å²) >= 11 is 0. The van der Waals surface area contributed by atoms with Crippen LogP contribution in [0.15, 0.2) is 97.2 Å². The maximum absolute atomic E-state index is 13.2. The fraction of sp³-hybridized carbons (Fsp3) is 0.673. The molecule has 3 N–H and O–H groups in total. The molecule has 1 amide bonds. The van der Waals surface area contributed by atoms with Gasteiger partial charge in [-0.15, -0.1) is 0 Å². The van der Waals surface area contributed by atoms with Gasteiger partial charge in [0.05, 0.1) is 25.2 Å². The zero-order valence-corrected chi connectivity index (χ0v) is 39.5. The van der Waals surface area contributed by atoms with Gasteiger partial charge in [0, 0.05) is 6.42 Å². The first-order valence-electron chi connectivity index (χ1n) is 25.1. The predicted molar refractivity (Wildman–Crippen MR) is 264 cm³/mol. The molecule has 3 unspecified atom stereocenters. The van der Waals surface area contributed by atoms with E-state index in [4.69, 9.17) is 4.74 Å². The zero-order valence-electron chi connectivity index (χ0n) is 39.5. The van der Waals surface area contributed by atoms with Gasteiger partial charge in [-0.25, -0.2) is 0 Å². The average molecular weight is 848 g/mol. The second kappa shape index (κ2) is 47.8. The molecule has 0 radical (unpaired) electrons. The van der Waals surface area contributed by atoms with Crippen LogP contribution in [-0.2, 0) is 14.3 Å². The lowest BCUT2D eigenvalue weighted by Crippen LogP contribution is -2.46. The van der Waals surface area contributed by atoms with Crippen molar-refractivity contribution < 1.29 is 24.5 Å². The van der Waals surface area contributed by atoms with Gasteiger partial charge in [0.2, 0.25) is 5.91 Å². The Kier molecular flexibility index (Phi) is 45.3. The van der Waals surface area contributed by atoms with Gasteiger partial charge in [0.15, 0.2) is 0 Å². The summed E-state index contributed by atoms with van der Waals surface area (Å²) in [6, 6.07) is -0.733. The maximum Gasteiger partial charge on any atom is 0.306 e. The SMILES string of the molecule is CC\C=C/C=C/C=C/C=C\C=C\C=C\CCCC(CC(=O)NC(CO)C(O)CCCCCCCCCCC)OC(=O)CCCCCCC/C=C/C=C/CCCCCCCCC. The molecule has 6 heteroatoms. The highest BCUT2D eigenvalue weighted by Gasteiger charge is 2.24. The normalized spacial score (nSPS) is 14.1. The number of esters is 1. The lowest BCUT2D eigenvalue weighted by molar-refractivity contribution is -0.151. The number of rotatable bonds is 43. The van der Waals surface area contributed by atoms with Crippen molar-refractivity contribution in [3.8, 4) is 0 Å². The smallest absolute Gasteiger partial charge is 0.306 e. The minimum atomic E-state index is -0.814. The number of allylic oxidation sites excluding steroid dienone is 16. The van der Waals surface area contributed by atoms with E-state index < -0.39 is 18.2 Å². The van der Waals surface area contributed by atoms with Gasteiger partial charge in [-0.1, -0.05) is 234 Å². The first kappa shape index (κ1) is 57.8. The third-order valence-electron chi connectivity index (χ3n) is 10.8. The number of hydrogen-bond donors (Lipinski definition) is 3. The summed E-state index contributed by atoms with van der Waals surface area (Å²) in [4.78, 5) is 26.1. The topological polar surface area (TPSA) is 95.9 Å². The average Bonchev–Trinajstić information content (AvgIpc) is 3.25. The molecule has 0 aromatic rings. The number of aliphatic hydroxyl groups is 2. The molecule has 0 aliphatic heterocycles. The van der Waals surface area contributed by atoms with E-state index in [2.05, 4.69) is 62.5 Å². The van der Waals surface area contributed by atoms with E-state index in [0.717, 1.165) is 77.0 Å². The predicted octanol–water partition coefficient (Wildman–Crippen LogP) is 14.9. The summed E-state index contributed by atoms with van der Waals surface area (Å²) in [6.07, 6.45) is 63.3. The molecule has 0 rings (SSSR count). The number of ether oxygens (including phenoxy) is 1. The molecule has 0 fully saturated rings. The largest absolute Gasteiger partial charge is 0.462 e. The molecule has 0 spiro atoms. The van der Waals surface area contributed by atoms with Crippen LogP contribution in [0.5, 0.6) is 0 Å². The van der Waals surface area contributed by atoms with Crippen LogP contribution in [0.25, 0.3) is 0 Å². The molecule has 0 saturated carbocycles. The molecular formula is C55H93NO5. The highest BCUT2D eigenvalue weighted by atomic mass is 16.5. The molecule has 0 bridgehead atoms. The van der Waals surface area contributed by atoms with Crippen molar-refractivity contribution in [3.05, 3.63) is 97.2 Å². The van der Waals surface area contributed by atoms with Crippen molar-refractivity contribution in [1.29, 1.82) is 0 Å². The summed E-state index contributed by atoms with van der Waals surface area (Å²) < 4.78 is 5.88. The molecule has 0 heterocycles. The van der Waals surface area contributed by atoms with Crippen LogP contribution in [0.1, 0.15) is 213 Å². The number of aliphatic hydroxyl groups excluding tert-OH is 2. The third kappa shape index (κ3) is 43.2. The second-order valence-electron chi connectivity index (χ2n) is 16.7. The van der Waals surface area contributed by atoms with E-state index in [1.165, 1.54) is 89.9 Å². The molecule has 0 saturated heterocycles. The van der Waals surface area contributed by atoms with Crippen molar-refractivity contribution in [2.24, 2.45) is 0 Å². The number of nitrogens with one attached hydrogen (secondary N) is 1. The van der Waals surface area contributed by atoms with Gasteiger partial charge >= 0.3 is 5.97 Å². The van der Waals surface area contributed by atoms with Gasteiger partial charge < -0.3 is 20.3 Å². The number of carbonyl (C=O) groups excluding carboxylic acids is 2. The standard InChI is InChI=1S/C55H93NO5/c1-4-7-10-13-16-19-21-23-25-26-27-29-31-33-36-39-42-45-48-55(60)61-51(46-43-40-37-35-32-30-28-24-22-20-17-14-11-8-5-2)49-54(59)56-52(50-57)53(58)47-44-41-38-34-18-15-12-9-6-3/h8,11,14,17,20,22,24-30,32,35,37,51-53,57-58H,4-7,9-10,12-13,15-16,18-19,21,23,31,33-34,36,38-50H2,1-3H3,(H,56,59)/b11-8-,17-14+,22-20+,26-25+,28-24-,29-27+,32-30+,37-35+. The Bertz CT molecular complexity index is 1220. The summed E-state index contributed by atoms with van der Waals surface area (Å²) in [5.41, 5.74) is 0. The van der Waals surface area contributed by atoms with Crippen LogP contribution >= 0.6 is 0 Å². The molecule has 0 aromatic heterocycles. The molecule has 6 nitrogen and oxygen atoms in total. The van der Waals surface area contributed by atoms with Crippen LogP contribution < -0.4 is 5.32 Å². The van der Waals surface area contributed by atoms with Gasteiger partial charge in [-0.3, -0.25) is 9.59 Å². The van der Waals surface area contributed by atoms with E-state index in [9.17, 15) is 19.8 Å². The van der Waals surface area contributed by atoms with Crippen LogP contribution in [0.2, 0.25) is 0 Å². The van der Waals surface area contributed by atoms with E-state index in [-0.39, 0.29) is 24.9 Å². The second-order valence-corrected chi connectivity index (χ2v) is 16.7. The molecule has 3 atom stereocenters. The number of amides is 1. The molecular weight excluding hydrogens is 755 g/mol. The van der Waals surface area contributed by atoms with E-state index in [0.29, 0.717) is 19.3 Å². The minimum Gasteiger partial charge on any atom is -0.462 e. The fourth-order valence-electron chi connectivity index (χ4n) is 7.05. The zero-order chi connectivity index (χ0) is 44.5. The van der Waals surface area contributed by atoms with Gasteiger partial charge in [-0.2, -0.15) is 0 Å². The first-order valence-corrected chi connectivity index (χ1v) is 25.1. The van der Waals surface area contributed by atoms with Crippen LogP contribution in [0.3, 0.4) is 0 Å². The molecule has 348 valence electrons. The van der Waals surface area contributed by atoms with Crippen molar-refractivity contribution in [2.75, 3.05) is 6.61 Å². The van der Waals surface area contributed by atoms with Crippen molar-refractivity contribution >= 4 is 11.9 Å². The summed E-state index contributed by atoms with van der Waals surface area (Å²) in [5.74, 6) is -0.576. The maximum atomic E-state index is 13.2. The lowest BCUT2D eigenvalue weighted by Gasteiger charge is -2.24. The Morgan fingerprint density at radius 2 is 0.902 bits per heavy atom. The molecule has 0 aromatic carbocycles. The van der Waals surface area contributed by atoms with Gasteiger partial charge in [0.1, 0.15) is 6.10 Å². The highest BCUT2D eigenvalue weighted by Crippen LogP contribution is 2.16. The van der Waals surface area contributed by atoms with Crippen LogP contribution in [0.4, 0.5) is 0 Å². The van der Waals surface area contributed by atoms with Crippen LogP contribution in [0, 0.1) is 0 Å². The molecule has 0 aliphatic carbocycles. The van der Waals surface area contributed by atoms with E-state index in [1.807, 2.05) is 60.8 Å². The van der Waals surface area contributed by atoms with E-state index >= 15 is 0 Å². The van der Waals surface area contributed by atoms with E-state index in [1.54, 1.807) is 0 Å². The van der Waals surface area contributed by atoms with Gasteiger partial charge in [0.25, 0.3) is 0 Å². The number of unbranched alkanes of at least 4 members (excludes halogenated alkanes) is 21. The number of carbonyl (C=O) groups is 2. The fourth-order valence-corrected chi connectivity index (χ4v) is 7.05. The Morgan fingerprint density at radius 3 is 1.39 bits per heavy atom. The first-order chi connectivity index (χ1) is 30.0. The molecule has 0 aliphatic rings. The minimum absolute atomic E-state index is 0.0147. The third-order valence-corrected chi connectivity index (χ3v) is 10.8. The van der Waals surface area contributed by atoms with Crippen molar-refractivity contribution in [2.45, 2.75) is 232 Å². The summed E-state index contributed by atoms with van der Waals surface area (Å²) in [5, 5.41) is 23.6. The Hall–Kier alpha value is -3.22. The highest BCUT2D eigenvalue weighted by molar-refractivity contribution is 5.77. The Labute approximate surface area is 376 Å². The Morgan fingerprint density at radius 1 is 0.492 bits per heavy atom. The lowest BCUT2D eigenvalue weighted by atomic mass is 10.0. The monoisotopic (exact) mass is 848 g/mol. The summed E-state index contributed by atoms with van der Waals surface area (Å²) in [7, 11) is 0. The van der Waals surface area contributed by atoms with Crippen molar-refractivity contribution in [1.82, 2.24) is 5.32 Å². The van der Waals surface area contributed by atoms with Crippen molar-refractivity contribution in [3.63, 3.8) is 0 Å². The summed E-state index contributed by atoms with van der Waals surface area (Å²) in [6.45, 7) is 6.27. The number of hydrogen-bond acceptors (Lipinski definition) is 5. The van der Waals surface area contributed by atoms with Crippen LogP contribution in [-0.4, -0.2) is 46.9 Å².